The second kappa shape index (κ2) is 12.8. The minimum absolute atomic E-state index is 0. The number of morpholine rings is 1. The molecule has 1 unspecified atom stereocenters. The first-order chi connectivity index (χ1) is 13.2. The van der Waals surface area contributed by atoms with Gasteiger partial charge in [-0.2, -0.15) is 0 Å². The smallest absolute Gasteiger partial charge is 0.306 e. The number of nitrogens with zero attached hydrogens (tertiary/aromatic N) is 3. The highest BCUT2D eigenvalue weighted by Crippen LogP contribution is 2.21. The maximum Gasteiger partial charge on any atom is 0.306 e. The predicted octanol–water partition coefficient (Wildman–Crippen LogP) is 2.10. The van der Waals surface area contributed by atoms with Crippen molar-refractivity contribution in [2.75, 3.05) is 59.5 Å². The number of esters is 1. The van der Waals surface area contributed by atoms with Gasteiger partial charge in [-0.1, -0.05) is 0 Å². The van der Waals surface area contributed by atoms with Crippen molar-refractivity contribution in [2.24, 2.45) is 10.9 Å². The Balaban J connectivity index is 0.00000280. The van der Waals surface area contributed by atoms with Gasteiger partial charge < -0.3 is 19.7 Å². The van der Waals surface area contributed by atoms with Gasteiger partial charge in [0.05, 0.1) is 13.2 Å². The van der Waals surface area contributed by atoms with Crippen LogP contribution in [-0.4, -0.2) is 87.4 Å². The zero-order chi connectivity index (χ0) is 18.9. The topological polar surface area (TPSA) is 66.4 Å². The second-order valence-electron chi connectivity index (χ2n) is 7.99. The molecule has 0 bridgehead atoms. The number of halogens is 1. The fourth-order valence-corrected chi connectivity index (χ4v) is 4.34. The zero-order valence-corrected chi connectivity index (χ0v) is 19.6. The number of likely N-dealkylation sites (tertiary alicyclic amines) is 1. The molecule has 0 amide bonds. The molecule has 0 aromatic rings. The molecule has 0 aromatic carbocycles. The lowest BCUT2D eigenvalue weighted by Gasteiger charge is -2.29. The van der Waals surface area contributed by atoms with Gasteiger partial charge in [-0.25, -0.2) is 0 Å². The molecule has 1 N–H and O–H groups in total. The van der Waals surface area contributed by atoms with Crippen molar-refractivity contribution < 1.29 is 14.3 Å². The molecule has 0 radical (unpaired) electrons. The number of nitrogens with one attached hydrogen (secondary N) is 1. The van der Waals surface area contributed by atoms with Crippen molar-refractivity contribution in [3.63, 3.8) is 0 Å². The molecular weight excluding hydrogens is 471 g/mol. The van der Waals surface area contributed by atoms with Crippen molar-refractivity contribution >= 4 is 35.9 Å². The Bertz CT molecular complexity index is 494. The van der Waals surface area contributed by atoms with Crippen LogP contribution in [0, 0.1) is 5.92 Å². The van der Waals surface area contributed by atoms with Gasteiger partial charge in [0.2, 0.25) is 0 Å². The van der Waals surface area contributed by atoms with E-state index in [4.69, 9.17) is 9.47 Å². The Labute approximate surface area is 186 Å². The summed E-state index contributed by atoms with van der Waals surface area (Å²) in [6, 6.07) is 0. The lowest BCUT2D eigenvalue weighted by molar-refractivity contribution is -0.148. The maximum absolute atomic E-state index is 11.9. The number of guanidine groups is 1. The van der Waals surface area contributed by atoms with E-state index in [9.17, 15) is 4.79 Å². The summed E-state index contributed by atoms with van der Waals surface area (Å²) >= 11 is 0. The third kappa shape index (κ3) is 7.67. The van der Waals surface area contributed by atoms with Crippen LogP contribution in [0.4, 0.5) is 0 Å². The molecule has 2 heterocycles. The standard InChI is InChI=1S/C20H36N4O3.HI/c1-21-20(22-9-4-7-19(25)27-18-5-2-3-6-18)24-10-8-17(16-24)15-23-11-13-26-14-12-23;/h17-18H,2-16H2,1H3,(H,21,22);1H. The van der Waals surface area contributed by atoms with Gasteiger partial charge in [0.25, 0.3) is 0 Å². The number of rotatable bonds is 7. The lowest BCUT2D eigenvalue weighted by Crippen LogP contribution is -2.42. The first kappa shape index (κ1) is 23.7. The third-order valence-corrected chi connectivity index (χ3v) is 5.86. The second-order valence-corrected chi connectivity index (χ2v) is 7.99. The third-order valence-electron chi connectivity index (χ3n) is 5.86. The minimum atomic E-state index is -0.0505. The van der Waals surface area contributed by atoms with Gasteiger partial charge >= 0.3 is 5.97 Å². The minimum Gasteiger partial charge on any atom is -0.462 e. The molecule has 0 aromatic heterocycles. The first-order valence-electron chi connectivity index (χ1n) is 10.7. The fourth-order valence-electron chi connectivity index (χ4n) is 4.34. The molecule has 3 aliphatic rings. The number of aliphatic imine (C=N–C) groups is 1. The van der Waals surface area contributed by atoms with Crippen molar-refractivity contribution in [3.8, 4) is 0 Å². The number of ether oxygens (including phenoxy) is 2. The molecular formula is C20H37IN4O3. The van der Waals surface area contributed by atoms with Gasteiger partial charge in [-0.05, 0) is 44.4 Å². The van der Waals surface area contributed by atoms with E-state index in [0.717, 1.165) is 77.7 Å². The van der Waals surface area contributed by atoms with E-state index in [1.54, 1.807) is 0 Å². The summed E-state index contributed by atoms with van der Waals surface area (Å²) in [5.41, 5.74) is 0. The van der Waals surface area contributed by atoms with E-state index in [-0.39, 0.29) is 36.0 Å². The lowest BCUT2D eigenvalue weighted by atomic mass is 10.1. The number of carbonyl (C=O) groups excluding carboxylic acids is 1. The molecule has 28 heavy (non-hydrogen) atoms. The Morgan fingerprint density at radius 1 is 1.18 bits per heavy atom. The highest BCUT2D eigenvalue weighted by atomic mass is 127. The normalized spacial score (nSPS) is 24.2. The van der Waals surface area contributed by atoms with Crippen LogP contribution in [0.1, 0.15) is 44.9 Å². The predicted molar refractivity (Wildman–Crippen MR) is 121 cm³/mol. The van der Waals surface area contributed by atoms with Crippen LogP contribution >= 0.6 is 24.0 Å². The summed E-state index contributed by atoms with van der Waals surface area (Å²) < 4.78 is 10.9. The van der Waals surface area contributed by atoms with Crippen molar-refractivity contribution in [1.82, 2.24) is 15.1 Å². The molecule has 162 valence electrons. The molecule has 2 saturated heterocycles. The summed E-state index contributed by atoms with van der Waals surface area (Å²) in [4.78, 5) is 21.2. The highest BCUT2D eigenvalue weighted by molar-refractivity contribution is 14.0. The quantitative estimate of drug-likeness (QED) is 0.187. The summed E-state index contributed by atoms with van der Waals surface area (Å²) in [5.74, 6) is 1.61. The van der Waals surface area contributed by atoms with E-state index in [1.807, 2.05) is 7.05 Å². The molecule has 1 atom stereocenters. The van der Waals surface area contributed by atoms with Gasteiger partial charge in [-0.3, -0.25) is 14.7 Å². The summed E-state index contributed by atoms with van der Waals surface area (Å²) in [6.07, 6.45) is 7.12. The SMILES string of the molecule is CN=C(NCCCC(=O)OC1CCCC1)N1CCC(CN2CCOCC2)C1.I. The summed E-state index contributed by atoms with van der Waals surface area (Å²) in [7, 11) is 1.84. The first-order valence-corrected chi connectivity index (χ1v) is 10.7. The van der Waals surface area contributed by atoms with Gasteiger partial charge in [0.1, 0.15) is 6.10 Å². The van der Waals surface area contributed by atoms with E-state index in [2.05, 4.69) is 20.1 Å². The van der Waals surface area contributed by atoms with E-state index < -0.39 is 0 Å². The van der Waals surface area contributed by atoms with Crippen molar-refractivity contribution in [2.45, 2.75) is 51.0 Å². The fraction of sp³-hybridized carbons (Fsp3) is 0.900. The number of carbonyl (C=O) groups is 1. The largest absolute Gasteiger partial charge is 0.462 e. The Hall–Kier alpha value is -0.610. The van der Waals surface area contributed by atoms with Gasteiger partial charge in [0, 0.05) is 52.7 Å². The number of hydrogen-bond acceptors (Lipinski definition) is 5. The van der Waals surface area contributed by atoms with Crippen LogP contribution in [0.25, 0.3) is 0 Å². The molecule has 1 saturated carbocycles. The molecule has 2 aliphatic heterocycles. The van der Waals surface area contributed by atoms with Crippen molar-refractivity contribution in [1.29, 1.82) is 0 Å². The van der Waals surface area contributed by atoms with Crippen LogP contribution in [0.15, 0.2) is 4.99 Å². The Kier molecular flexibility index (Phi) is 10.9. The molecule has 8 heteroatoms. The molecule has 3 rings (SSSR count). The number of hydrogen-bond donors (Lipinski definition) is 1. The van der Waals surface area contributed by atoms with Crippen LogP contribution < -0.4 is 5.32 Å². The zero-order valence-electron chi connectivity index (χ0n) is 17.2. The molecule has 0 spiro atoms. The molecule has 3 fully saturated rings. The van der Waals surface area contributed by atoms with Crippen LogP contribution in [0.2, 0.25) is 0 Å². The molecule has 7 nitrogen and oxygen atoms in total. The van der Waals surface area contributed by atoms with Crippen molar-refractivity contribution in [3.05, 3.63) is 0 Å². The monoisotopic (exact) mass is 508 g/mol. The van der Waals surface area contributed by atoms with E-state index in [0.29, 0.717) is 12.3 Å². The maximum atomic E-state index is 11.9. The average Bonchev–Trinajstić information content (AvgIpc) is 3.35. The Morgan fingerprint density at radius 3 is 2.64 bits per heavy atom. The Morgan fingerprint density at radius 2 is 1.93 bits per heavy atom. The summed E-state index contributed by atoms with van der Waals surface area (Å²) in [6.45, 7) is 7.87. The molecule has 1 aliphatic carbocycles. The van der Waals surface area contributed by atoms with E-state index in [1.165, 1.54) is 19.3 Å². The van der Waals surface area contributed by atoms with Gasteiger partial charge in [-0.15, -0.1) is 24.0 Å². The van der Waals surface area contributed by atoms with Crippen LogP contribution in [0.3, 0.4) is 0 Å². The van der Waals surface area contributed by atoms with Gasteiger partial charge in [0.15, 0.2) is 5.96 Å². The van der Waals surface area contributed by atoms with E-state index >= 15 is 0 Å². The van der Waals surface area contributed by atoms with Crippen LogP contribution in [0.5, 0.6) is 0 Å². The van der Waals surface area contributed by atoms with Crippen LogP contribution in [-0.2, 0) is 14.3 Å². The summed E-state index contributed by atoms with van der Waals surface area (Å²) in [5, 5.41) is 3.42. The average molecular weight is 508 g/mol. The highest BCUT2D eigenvalue weighted by Gasteiger charge is 2.27.